The zero-order chi connectivity index (χ0) is 17.6. The Morgan fingerprint density at radius 1 is 1.32 bits per heavy atom. The number of aromatic nitrogens is 2. The number of amides is 1. The number of nitrogens with zero attached hydrogens (tertiary/aromatic N) is 2. The van der Waals surface area contributed by atoms with Crippen molar-refractivity contribution < 1.29 is 14.1 Å². The van der Waals surface area contributed by atoms with E-state index < -0.39 is 0 Å². The Kier molecular flexibility index (Phi) is 5.57. The van der Waals surface area contributed by atoms with Gasteiger partial charge >= 0.3 is 0 Å². The fourth-order valence-corrected chi connectivity index (χ4v) is 3.04. The van der Waals surface area contributed by atoms with Gasteiger partial charge < -0.3 is 14.6 Å². The summed E-state index contributed by atoms with van der Waals surface area (Å²) >= 11 is 1.67. The lowest BCUT2D eigenvalue weighted by atomic mass is 10.1. The van der Waals surface area contributed by atoms with Crippen LogP contribution in [0.25, 0.3) is 10.4 Å². The second-order valence-corrected chi connectivity index (χ2v) is 6.49. The minimum atomic E-state index is -0.367. The fourth-order valence-electron chi connectivity index (χ4n) is 2.31. The van der Waals surface area contributed by atoms with Crippen molar-refractivity contribution in [3.63, 3.8) is 0 Å². The number of thiophene rings is 1. The molecule has 1 atom stereocenters. The monoisotopic (exact) mass is 357 g/mol. The third kappa shape index (κ3) is 4.32. The fraction of sp³-hybridized carbons (Fsp3) is 0.278. The molecule has 3 rings (SSSR count). The summed E-state index contributed by atoms with van der Waals surface area (Å²) in [5, 5.41) is 8.78. The zero-order valence-electron chi connectivity index (χ0n) is 14.1. The maximum absolute atomic E-state index is 12.4. The van der Waals surface area contributed by atoms with Gasteiger partial charge in [-0.1, -0.05) is 23.4 Å². The van der Waals surface area contributed by atoms with Gasteiger partial charge in [0, 0.05) is 24.0 Å². The third-order valence-electron chi connectivity index (χ3n) is 3.68. The lowest BCUT2D eigenvalue weighted by Crippen LogP contribution is -2.26. The first kappa shape index (κ1) is 17.3. The molecule has 1 aromatic carbocycles. The molecule has 0 unspecified atom stereocenters. The van der Waals surface area contributed by atoms with Crippen LogP contribution in [0.5, 0.6) is 0 Å². The predicted octanol–water partition coefficient (Wildman–Crippen LogP) is 3.48. The van der Waals surface area contributed by atoms with E-state index in [4.69, 9.17) is 9.26 Å². The molecule has 6 nitrogen and oxygen atoms in total. The molecule has 0 bridgehead atoms. The van der Waals surface area contributed by atoms with Crippen molar-refractivity contribution in [3.05, 3.63) is 59.1 Å². The van der Waals surface area contributed by atoms with Crippen LogP contribution >= 0.6 is 11.3 Å². The highest BCUT2D eigenvalue weighted by Crippen LogP contribution is 2.24. The summed E-state index contributed by atoms with van der Waals surface area (Å²) in [7, 11) is 1.62. The normalized spacial score (nSPS) is 12.1. The molecule has 0 saturated heterocycles. The average molecular weight is 357 g/mol. The maximum atomic E-state index is 12.4. The van der Waals surface area contributed by atoms with E-state index >= 15 is 0 Å². The minimum Gasteiger partial charge on any atom is -0.384 e. The molecule has 3 aromatic rings. The summed E-state index contributed by atoms with van der Waals surface area (Å²) < 4.78 is 10.2. The van der Waals surface area contributed by atoms with E-state index in [0.717, 1.165) is 5.56 Å². The van der Waals surface area contributed by atoms with Crippen molar-refractivity contribution >= 4 is 17.2 Å². The molecule has 2 aromatic heterocycles. The molecule has 0 aliphatic carbocycles. The first-order chi connectivity index (χ1) is 12.2. The smallest absolute Gasteiger partial charge is 0.251 e. The largest absolute Gasteiger partial charge is 0.384 e. The second kappa shape index (κ2) is 8.04. The molecular formula is C18H19N3O3S. The number of carbonyl (C=O) groups excluding carboxylic acids is 1. The molecule has 1 amide bonds. The Morgan fingerprint density at radius 3 is 2.80 bits per heavy atom. The van der Waals surface area contributed by atoms with E-state index in [9.17, 15) is 4.79 Å². The molecule has 1 N–H and O–H groups in total. The Morgan fingerprint density at radius 2 is 2.12 bits per heavy atom. The molecule has 0 fully saturated rings. The van der Waals surface area contributed by atoms with Crippen molar-refractivity contribution in [2.45, 2.75) is 19.4 Å². The standard InChI is InChI=1S/C18H19N3O3S/c1-12(18-20-16(21-24-18)9-10-23-2)19-17(22)14-7-5-13(6-8-14)15-4-3-11-25-15/h3-8,11-12H,9-10H2,1-2H3,(H,19,22)/t12-/m0/s1. The predicted molar refractivity (Wildman–Crippen MR) is 95.5 cm³/mol. The molecule has 0 spiro atoms. The Labute approximate surface area is 149 Å². The number of hydrogen-bond donors (Lipinski definition) is 1. The van der Waals surface area contributed by atoms with Gasteiger partial charge in [-0.25, -0.2) is 0 Å². The van der Waals surface area contributed by atoms with E-state index in [1.165, 1.54) is 4.88 Å². The van der Waals surface area contributed by atoms with Gasteiger partial charge in [0.1, 0.15) is 6.04 Å². The summed E-state index contributed by atoms with van der Waals surface area (Å²) in [4.78, 5) is 17.8. The molecule has 2 heterocycles. The number of methoxy groups -OCH3 is 1. The number of benzene rings is 1. The van der Waals surface area contributed by atoms with Crippen LogP contribution in [0.1, 0.15) is 35.0 Å². The minimum absolute atomic E-state index is 0.179. The van der Waals surface area contributed by atoms with Crippen molar-refractivity contribution in [1.29, 1.82) is 0 Å². The average Bonchev–Trinajstić information content (AvgIpc) is 3.32. The molecule has 7 heteroatoms. The molecular weight excluding hydrogens is 338 g/mol. The van der Waals surface area contributed by atoms with Crippen molar-refractivity contribution in [3.8, 4) is 10.4 Å². The zero-order valence-corrected chi connectivity index (χ0v) is 14.9. The van der Waals surface area contributed by atoms with Crippen LogP contribution in [0.15, 0.2) is 46.3 Å². The van der Waals surface area contributed by atoms with Gasteiger partial charge in [0.25, 0.3) is 5.91 Å². The Bertz CT molecular complexity index is 812. The number of rotatable bonds is 7. The van der Waals surface area contributed by atoms with Crippen LogP contribution in [0.4, 0.5) is 0 Å². The van der Waals surface area contributed by atoms with Gasteiger partial charge in [0.2, 0.25) is 5.89 Å². The van der Waals surface area contributed by atoms with Gasteiger partial charge in [0.15, 0.2) is 5.82 Å². The van der Waals surface area contributed by atoms with Crippen LogP contribution in [0.3, 0.4) is 0 Å². The molecule has 0 radical (unpaired) electrons. The van der Waals surface area contributed by atoms with Crippen molar-refractivity contribution in [2.75, 3.05) is 13.7 Å². The summed E-state index contributed by atoms with van der Waals surface area (Å²) in [5.41, 5.74) is 1.69. The lowest BCUT2D eigenvalue weighted by Gasteiger charge is -2.10. The van der Waals surface area contributed by atoms with Crippen LogP contribution in [0, 0.1) is 0 Å². The summed E-state index contributed by atoms with van der Waals surface area (Å²) in [6.45, 7) is 2.34. The lowest BCUT2D eigenvalue weighted by molar-refractivity contribution is 0.0932. The van der Waals surface area contributed by atoms with Gasteiger partial charge in [0.05, 0.1) is 6.61 Å². The van der Waals surface area contributed by atoms with E-state index in [1.54, 1.807) is 18.4 Å². The Hall–Kier alpha value is -2.51. The Balaban J connectivity index is 1.62. The van der Waals surface area contributed by atoms with Crippen molar-refractivity contribution in [1.82, 2.24) is 15.5 Å². The van der Waals surface area contributed by atoms with Crippen LogP contribution in [-0.2, 0) is 11.2 Å². The van der Waals surface area contributed by atoms with Crippen molar-refractivity contribution in [2.24, 2.45) is 0 Å². The molecule has 0 aliphatic heterocycles. The third-order valence-corrected chi connectivity index (χ3v) is 4.60. The quantitative estimate of drug-likeness (QED) is 0.700. The first-order valence-corrected chi connectivity index (χ1v) is 8.81. The highest BCUT2D eigenvalue weighted by molar-refractivity contribution is 7.13. The highest BCUT2D eigenvalue weighted by atomic mass is 32.1. The topological polar surface area (TPSA) is 77.3 Å². The molecule has 25 heavy (non-hydrogen) atoms. The van der Waals surface area contributed by atoms with E-state index in [-0.39, 0.29) is 11.9 Å². The number of carbonyl (C=O) groups is 1. The number of nitrogens with one attached hydrogen (secondary N) is 1. The van der Waals surface area contributed by atoms with Gasteiger partial charge in [-0.2, -0.15) is 4.98 Å². The summed E-state index contributed by atoms with van der Waals surface area (Å²) in [6, 6.07) is 11.2. The van der Waals surface area contributed by atoms with Gasteiger partial charge in [-0.3, -0.25) is 4.79 Å². The van der Waals surface area contributed by atoms with E-state index in [1.807, 2.05) is 42.6 Å². The van der Waals surface area contributed by atoms with E-state index in [2.05, 4.69) is 21.5 Å². The summed E-state index contributed by atoms with van der Waals surface area (Å²) in [5.74, 6) is 0.773. The highest BCUT2D eigenvalue weighted by Gasteiger charge is 2.17. The van der Waals surface area contributed by atoms with Crippen LogP contribution in [-0.4, -0.2) is 29.8 Å². The van der Waals surface area contributed by atoms with Crippen LogP contribution in [0.2, 0.25) is 0 Å². The summed E-state index contributed by atoms with van der Waals surface area (Å²) in [6.07, 6.45) is 0.574. The SMILES string of the molecule is COCCc1noc([C@H](C)NC(=O)c2ccc(-c3cccs3)cc2)n1. The second-order valence-electron chi connectivity index (χ2n) is 5.54. The maximum Gasteiger partial charge on any atom is 0.251 e. The number of ether oxygens (including phenoxy) is 1. The molecule has 130 valence electrons. The van der Waals surface area contributed by atoms with E-state index in [0.29, 0.717) is 30.3 Å². The number of hydrogen-bond acceptors (Lipinski definition) is 6. The van der Waals surface area contributed by atoms with Gasteiger partial charge in [-0.05, 0) is 36.1 Å². The molecule has 0 saturated carbocycles. The van der Waals surface area contributed by atoms with Gasteiger partial charge in [-0.15, -0.1) is 11.3 Å². The first-order valence-electron chi connectivity index (χ1n) is 7.93. The van der Waals surface area contributed by atoms with Crippen LogP contribution < -0.4 is 5.32 Å². The molecule has 0 aliphatic rings.